The lowest BCUT2D eigenvalue weighted by Gasteiger charge is -2.27. The number of carbonyl (C=O) groups is 1. The predicted molar refractivity (Wildman–Crippen MR) is 131 cm³/mol. The van der Waals surface area contributed by atoms with Crippen LogP contribution in [0.1, 0.15) is 64.4 Å². The minimum Gasteiger partial charge on any atom is -0.358 e. The minimum absolute atomic E-state index is 0.00342. The highest BCUT2D eigenvalue weighted by atomic mass is 32.2. The van der Waals surface area contributed by atoms with Gasteiger partial charge in [-0.1, -0.05) is 24.6 Å². The van der Waals surface area contributed by atoms with Crippen molar-refractivity contribution in [3.05, 3.63) is 69.9 Å². The smallest absolute Gasteiger partial charge is 0.340 e. The molecule has 0 radical (unpaired) electrons. The van der Waals surface area contributed by atoms with E-state index in [2.05, 4.69) is 5.10 Å². The molecule has 186 valence electrons. The zero-order valence-electron chi connectivity index (χ0n) is 20.3. The first-order valence-electron chi connectivity index (χ1n) is 11.4. The molecule has 1 aliphatic rings. The van der Waals surface area contributed by atoms with Gasteiger partial charge in [-0.05, 0) is 74.9 Å². The van der Waals surface area contributed by atoms with Crippen molar-refractivity contribution in [2.24, 2.45) is 0 Å². The molecule has 1 unspecified atom stereocenters. The molecule has 0 fully saturated rings. The normalized spacial score (nSPS) is 17.1. The topological polar surface area (TPSA) is 112 Å². The number of hydrogen-bond acceptors (Lipinski definition) is 7. The monoisotopic (exact) mass is 516 g/mol. The molecule has 0 saturated heterocycles. The number of carbonyl (C=O) groups excluding carboxylic acids is 1. The Morgan fingerprint density at radius 1 is 1.14 bits per heavy atom. The van der Waals surface area contributed by atoms with Crippen molar-refractivity contribution in [3.8, 4) is 5.88 Å². The minimum atomic E-state index is -4.22. The lowest BCUT2D eigenvalue weighted by Crippen LogP contribution is -2.23. The lowest BCUT2D eigenvalue weighted by atomic mass is 9.87. The van der Waals surface area contributed by atoms with E-state index in [-0.39, 0.29) is 34.6 Å². The highest BCUT2D eigenvalue weighted by molar-refractivity contribution is 7.91. The number of rotatable bonds is 6. The van der Waals surface area contributed by atoms with Crippen molar-refractivity contribution in [2.75, 3.05) is 5.75 Å². The van der Waals surface area contributed by atoms with Gasteiger partial charge in [0.15, 0.2) is 15.6 Å². The van der Waals surface area contributed by atoms with E-state index in [1.54, 1.807) is 39.0 Å². The van der Waals surface area contributed by atoms with Crippen LogP contribution in [0.15, 0.2) is 46.3 Å². The van der Waals surface area contributed by atoms with Gasteiger partial charge in [-0.3, -0.25) is 4.79 Å². The zero-order chi connectivity index (χ0) is 25.7. The lowest BCUT2D eigenvalue weighted by molar-refractivity contribution is 0.103. The number of hydrogen-bond donors (Lipinski definition) is 0. The summed E-state index contributed by atoms with van der Waals surface area (Å²) < 4.78 is 58.3. The molecule has 35 heavy (non-hydrogen) atoms. The van der Waals surface area contributed by atoms with Gasteiger partial charge in [0.2, 0.25) is 5.88 Å². The molecule has 4 rings (SSSR count). The molecule has 1 aromatic heterocycles. The quantitative estimate of drug-likeness (QED) is 0.358. The van der Waals surface area contributed by atoms with E-state index in [4.69, 9.17) is 4.18 Å². The fourth-order valence-corrected chi connectivity index (χ4v) is 7.64. The Morgan fingerprint density at radius 3 is 2.43 bits per heavy atom. The summed E-state index contributed by atoms with van der Waals surface area (Å²) in [6.45, 7) is 9.24. The number of aryl methyl sites for hydroxylation is 3. The molecule has 0 N–H and O–H groups in total. The molecule has 0 amide bonds. The van der Waals surface area contributed by atoms with Crippen LogP contribution in [0.3, 0.4) is 0 Å². The van der Waals surface area contributed by atoms with Crippen LogP contribution in [0.4, 0.5) is 0 Å². The standard InChI is InChI=1S/C25H28N2O6S2/c1-6-27-25(33-35(31,32)19-9-7-15(2)8-10-19)21(14-26-27)23(28)20-13-17(4)24-22(18(20)5)16(3)11-12-34(24,29)30/h7-10,13-14,16H,6,11-12H2,1-5H3. The molecule has 1 aliphatic heterocycles. The van der Waals surface area contributed by atoms with Crippen LogP contribution < -0.4 is 4.18 Å². The molecule has 3 aromatic rings. The predicted octanol–water partition coefficient (Wildman–Crippen LogP) is 4.11. The van der Waals surface area contributed by atoms with Gasteiger partial charge in [0, 0.05) is 12.1 Å². The van der Waals surface area contributed by atoms with Gasteiger partial charge in [-0.25, -0.2) is 13.1 Å². The maximum absolute atomic E-state index is 13.7. The first-order valence-corrected chi connectivity index (χ1v) is 14.4. The van der Waals surface area contributed by atoms with Gasteiger partial charge in [-0.15, -0.1) is 0 Å². The number of sulfone groups is 1. The molecule has 0 bridgehead atoms. The Kier molecular flexibility index (Phi) is 6.39. The van der Waals surface area contributed by atoms with Crippen molar-refractivity contribution in [2.45, 2.75) is 63.3 Å². The Balaban J connectivity index is 1.82. The maximum atomic E-state index is 13.7. The zero-order valence-corrected chi connectivity index (χ0v) is 22.0. The van der Waals surface area contributed by atoms with Crippen LogP contribution >= 0.6 is 0 Å². The van der Waals surface area contributed by atoms with Crippen molar-refractivity contribution in [3.63, 3.8) is 0 Å². The summed E-state index contributed by atoms with van der Waals surface area (Å²) in [6.07, 6.45) is 1.77. The first-order chi connectivity index (χ1) is 16.4. The van der Waals surface area contributed by atoms with Crippen LogP contribution in [-0.4, -0.2) is 38.2 Å². The van der Waals surface area contributed by atoms with Crippen molar-refractivity contribution >= 4 is 25.7 Å². The van der Waals surface area contributed by atoms with Gasteiger partial charge < -0.3 is 4.18 Å². The summed E-state index contributed by atoms with van der Waals surface area (Å²) in [6, 6.07) is 7.77. The molecule has 2 heterocycles. The van der Waals surface area contributed by atoms with Crippen molar-refractivity contribution in [1.82, 2.24) is 9.78 Å². The van der Waals surface area contributed by atoms with Crippen molar-refractivity contribution < 1.29 is 25.8 Å². The molecule has 0 saturated carbocycles. The summed E-state index contributed by atoms with van der Waals surface area (Å²) in [7, 11) is -7.65. The first kappa shape index (κ1) is 25.1. The average molecular weight is 517 g/mol. The van der Waals surface area contributed by atoms with E-state index in [9.17, 15) is 21.6 Å². The van der Waals surface area contributed by atoms with Gasteiger partial charge in [-0.2, -0.15) is 13.5 Å². The Morgan fingerprint density at radius 2 is 1.80 bits per heavy atom. The third kappa shape index (κ3) is 4.40. The van der Waals surface area contributed by atoms with Crippen LogP contribution in [0.5, 0.6) is 5.88 Å². The summed E-state index contributed by atoms with van der Waals surface area (Å²) in [5, 5.41) is 4.16. The molecule has 0 aliphatic carbocycles. The molecular weight excluding hydrogens is 488 g/mol. The second-order valence-corrected chi connectivity index (χ2v) is 12.6. The number of benzene rings is 2. The highest BCUT2D eigenvalue weighted by Gasteiger charge is 2.34. The van der Waals surface area contributed by atoms with Gasteiger partial charge in [0.25, 0.3) is 0 Å². The largest absolute Gasteiger partial charge is 0.358 e. The van der Waals surface area contributed by atoms with E-state index >= 15 is 0 Å². The molecular formula is C25H28N2O6S2. The second kappa shape index (κ2) is 8.91. The Labute approximate surface area is 206 Å². The average Bonchev–Trinajstić information content (AvgIpc) is 3.19. The molecule has 0 spiro atoms. The number of fused-ring (bicyclic) bond motifs is 1. The van der Waals surface area contributed by atoms with Gasteiger partial charge in [0.1, 0.15) is 10.5 Å². The van der Waals surface area contributed by atoms with Crippen LogP contribution in [-0.2, 0) is 26.5 Å². The third-order valence-corrected chi connectivity index (χ3v) is 9.64. The summed E-state index contributed by atoms with van der Waals surface area (Å²) in [5.41, 5.74) is 2.92. The number of ketones is 1. The fourth-order valence-electron chi connectivity index (χ4n) is 4.58. The van der Waals surface area contributed by atoms with Gasteiger partial charge >= 0.3 is 10.1 Å². The van der Waals surface area contributed by atoms with Crippen LogP contribution in [0.2, 0.25) is 0 Å². The molecule has 10 heteroatoms. The summed E-state index contributed by atoms with van der Waals surface area (Å²) in [5.74, 6) is -0.603. The molecule has 1 atom stereocenters. The fraction of sp³-hybridized carbons (Fsp3) is 0.360. The van der Waals surface area contributed by atoms with Crippen LogP contribution in [0, 0.1) is 20.8 Å². The number of nitrogens with zero attached hydrogens (tertiary/aromatic N) is 2. The van der Waals surface area contributed by atoms with E-state index in [1.165, 1.54) is 23.0 Å². The molecule has 8 nitrogen and oxygen atoms in total. The van der Waals surface area contributed by atoms with Gasteiger partial charge in [0.05, 0.1) is 16.8 Å². The Hall–Kier alpha value is -2.98. The maximum Gasteiger partial charge on any atom is 0.340 e. The molecule has 2 aromatic carbocycles. The van der Waals surface area contributed by atoms with Crippen molar-refractivity contribution in [1.29, 1.82) is 0 Å². The van der Waals surface area contributed by atoms with E-state index in [0.717, 1.165) is 5.56 Å². The SMILES string of the molecule is CCn1ncc(C(=O)c2cc(C)c3c(c2C)C(C)CCS3(=O)=O)c1OS(=O)(=O)c1ccc(C)cc1. The summed E-state index contributed by atoms with van der Waals surface area (Å²) in [4.78, 5) is 14.0. The summed E-state index contributed by atoms with van der Waals surface area (Å²) >= 11 is 0. The Bertz CT molecular complexity index is 1540. The number of aromatic nitrogens is 2. The van der Waals surface area contributed by atoms with E-state index in [0.29, 0.717) is 33.6 Å². The third-order valence-electron chi connectivity index (χ3n) is 6.47. The second-order valence-electron chi connectivity index (χ2n) is 8.98. The van der Waals surface area contributed by atoms with E-state index < -0.39 is 25.7 Å². The van der Waals surface area contributed by atoms with E-state index in [1.807, 2.05) is 13.8 Å². The highest BCUT2D eigenvalue weighted by Crippen LogP contribution is 2.40. The van der Waals surface area contributed by atoms with Crippen LogP contribution in [0.25, 0.3) is 0 Å².